The van der Waals surface area contributed by atoms with Gasteiger partial charge in [0.1, 0.15) is 29.6 Å². The molecule has 0 spiro atoms. The Balaban J connectivity index is 1.30. The van der Waals surface area contributed by atoms with Gasteiger partial charge in [-0.05, 0) is 55.7 Å². The second kappa shape index (κ2) is 18.5. The number of fused-ring (bicyclic) bond motifs is 1. The molecule has 18 nitrogen and oxygen atoms in total. The van der Waals surface area contributed by atoms with E-state index in [4.69, 9.17) is 4.74 Å². The number of amides is 5. The average molecular weight is 735 g/mol. The molecule has 1 aliphatic heterocycles. The Hall–Kier alpha value is -6.71. The summed E-state index contributed by atoms with van der Waals surface area (Å²) >= 11 is 0. The van der Waals surface area contributed by atoms with Crippen LogP contribution in [0.2, 0.25) is 0 Å². The molecule has 3 atom stereocenters. The smallest absolute Gasteiger partial charge is 0.305 e. The third-order valence-corrected chi connectivity index (χ3v) is 7.93. The number of halogens is 1. The van der Waals surface area contributed by atoms with Crippen molar-refractivity contribution in [1.29, 1.82) is 5.26 Å². The maximum Gasteiger partial charge on any atom is 0.305 e. The number of carbonyl (C=O) groups excluding carboxylic acids is 5. The largest absolute Gasteiger partial charge is 0.494 e. The van der Waals surface area contributed by atoms with Crippen molar-refractivity contribution in [2.24, 2.45) is 0 Å². The number of aromatic nitrogens is 2. The summed E-state index contributed by atoms with van der Waals surface area (Å²) in [5.41, 5.74) is 0.273. The topological polar surface area (TPSA) is 270 Å². The van der Waals surface area contributed by atoms with Gasteiger partial charge in [-0.25, -0.2) is 4.98 Å². The van der Waals surface area contributed by atoms with Crippen molar-refractivity contribution in [1.82, 2.24) is 36.1 Å². The van der Waals surface area contributed by atoms with Crippen LogP contribution in [0.3, 0.4) is 0 Å². The van der Waals surface area contributed by atoms with Gasteiger partial charge in [0.15, 0.2) is 0 Å². The summed E-state index contributed by atoms with van der Waals surface area (Å²) in [4.78, 5) is 95.7. The zero-order chi connectivity index (χ0) is 38.5. The highest BCUT2D eigenvalue weighted by Crippen LogP contribution is 2.23. The van der Waals surface area contributed by atoms with Crippen LogP contribution in [0.4, 0.5) is 4.39 Å². The van der Waals surface area contributed by atoms with Crippen LogP contribution in [0.1, 0.15) is 53.0 Å². The molecule has 3 aromatic rings. The lowest BCUT2D eigenvalue weighted by Crippen LogP contribution is -2.55. The summed E-state index contributed by atoms with van der Waals surface area (Å²) in [6.45, 7) is 0.178. The molecule has 1 fully saturated rings. The third-order valence-electron chi connectivity index (χ3n) is 7.93. The van der Waals surface area contributed by atoms with E-state index in [0.717, 1.165) is 12.1 Å². The Labute approximate surface area is 300 Å². The number of nitrogens with one attached hydrogen (secondary N) is 4. The lowest BCUT2D eigenvalue weighted by molar-refractivity contribution is -0.142. The van der Waals surface area contributed by atoms with Gasteiger partial charge in [0.05, 0.1) is 43.1 Å². The fraction of sp³-hybridized carbons (Fsp3) is 0.353. The average Bonchev–Trinajstić information content (AvgIpc) is 3.61. The number of hydrogen-bond acceptors (Lipinski definition) is 11. The highest BCUT2D eigenvalue weighted by molar-refractivity contribution is 6.07. The zero-order valence-corrected chi connectivity index (χ0v) is 28.0. The molecule has 1 aliphatic rings. The molecule has 53 heavy (non-hydrogen) atoms. The molecule has 278 valence electrons. The highest BCUT2D eigenvalue weighted by atomic mass is 19.1. The molecular formula is C34H35FN8O10. The Bertz CT molecular complexity index is 1940. The summed E-state index contributed by atoms with van der Waals surface area (Å²) in [7, 11) is 0. The molecule has 0 saturated carbocycles. The van der Waals surface area contributed by atoms with E-state index in [-0.39, 0.29) is 37.6 Å². The van der Waals surface area contributed by atoms with E-state index >= 15 is 0 Å². The van der Waals surface area contributed by atoms with E-state index in [0.29, 0.717) is 36.0 Å². The van der Waals surface area contributed by atoms with Gasteiger partial charge in [-0.3, -0.25) is 38.5 Å². The number of carbonyl (C=O) groups is 7. The summed E-state index contributed by atoms with van der Waals surface area (Å²) < 4.78 is 19.2. The van der Waals surface area contributed by atoms with Crippen LogP contribution in [0.15, 0.2) is 48.7 Å². The number of benzene rings is 1. The second-order valence-electron chi connectivity index (χ2n) is 11.7. The van der Waals surface area contributed by atoms with Crippen molar-refractivity contribution < 1.29 is 52.9 Å². The molecule has 0 aliphatic carbocycles. The van der Waals surface area contributed by atoms with Gasteiger partial charge in [-0.2, -0.15) is 9.65 Å². The van der Waals surface area contributed by atoms with Gasteiger partial charge >= 0.3 is 11.9 Å². The standard InChI is InChI=1S/C34H35FN8O10/c35-27-6-1-5-24(40-27)33(51)42-26(16-30(47)48)34(52)41-25(15-29(45)46)32(50)38-10-3-13-53-20-7-8-23-22(14-20)21(9-11-37-23)31(49)39-18-28(44)43-12-2-4-19(43)17-36/h1,5-9,11,14,19,25-26H,2-4,10,12-13,15-16,18H2,(H,38,50)(H,39,49)(H,41,52)(H,42,51)(H,45,46)(H,47,48)/t19-,25+,26+/m0/s1. The Kier molecular flexibility index (Phi) is 13.6. The molecule has 0 bridgehead atoms. The van der Waals surface area contributed by atoms with E-state index in [9.17, 15) is 53.4 Å². The molecule has 5 amide bonds. The first-order valence-corrected chi connectivity index (χ1v) is 16.3. The minimum absolute atomic E-state index is 0.0359. The number of pyridine rings is 2. The maximum absolute atomic E-state index is 13.4. The van der Waals surface area contributed by atoms with Crippen molar-refractivity contribution >= 4 is 52.4 Å². The number of nitriles is 1. The number of hydrogen-bond donors (Lipinski definition) is 6. The van der Waals surface area contributed by atoms with Crippen LogP contribution in [0.25, 0.3) is 10.9 Å². The van der Waals surface area contributed by atoms with Crippen LogP contribution >= 0.6 is 0 Å². The monoisotopic (exact) mass is 734 g/mol. The van der Waals surface area contributed by atoms with E-state index < -0.39 is 78.2 Å². The summed E-state index contributed by atoms with van der Waals surface area (Å²) in [6, 6.07) is 7.74. The summed E-state index contributed by atoms with van der Waals surface area (Å²) in [5, 5.41) is 37.6. The zero-order valence-electron chi connectivity index (χ0n) is 28.0. The molecule has 6 N–H and O–H groups in total. The van der Waals surface area contributed by atoms with Gasteiger partial charge in [0.25, 0.3) is 11.8 Å². The lowest BCUT2D eigenvalue weighted by atomic mass is 10.1. The molecule has 0 radical (unpaired) electrons. The van der Waals surface area contributed by atoms with Crippen LogP contribution < -0.4 is 26.0 Å². The molecule has 19 heteroatoms. The summed E-state index contributed by atoms with van der Waals surface area (Å²) in [5.74, 6) is -7.65. The van der Waals surface area contributed by atoms with Gasteiger partial charge in [-0.1, -0.05) is 6.07 Å². The minimum Gasteiger partial charge on any atom is -0.494 e. The Morgan fingerprint density at radius 2 is 1.70 bits per heavy atom. The van der Waals surface area contributed by atoms with Crippen molar-refractivity contribution in [3.8, 4) is 11.8 Å². The SMILES string of the molecule is N#C[C@@H]1CCCN1C(=O)CNC(=O)c1ccnc2ccc(OCCCNC(=O)[C@@H](CC(=O)O)NC(=O)[C@@H](CC(=O)O)NC(=O)c3cccc(F)n3)cc12. The van der Waals surface area contributed by atoms with Crippen molar-refractivity contribution in [2.45, 2.75) is 50.2 Å². The molecular weight excluding hydrogens is 699 g/mol. The number of carboxylic acid groups (broad SMARTS) is 2. The quantitative estimate of drug-likeness (QED) is 0.0796. The first-order chi connectivity index (χ1) is 25.4. The van der Waals surface area contributed by atoms with E-state index in [1.807, 2.05) is 0 Å². The number of ether oxygens (including phenoxy) is 1. The molecule has 3 heterocycles. The Morgan fingerprint density at radius 3 is 2.40 bits per heavy atom. The predicted molar refractivity (Wildman–Crippen MR) is 179 cm³/mol. The van der Waals surface area contributed by atoms with Crippen LogP contribution in [0.5, 0.6) is 5.75 Å². The Morgan fingerprint density at radius 1 is 0.962 bits per heavy atom. The van der Waals surface area contributed by atoms with E-state index in [1.54, 1.807) is 18.2 Å². The summed E-state index contributed by atoms with van der Waals surface area (Å²) in [6.07, 6.45) is 1.14. The normalized spacial score (nSPS) is 14.6. The van der Waals surface area contributed by atoms with Crippen molar-refractivity contribution in [3.63, 3.8) is 0 Å². The van der Waals surface area contributed by atoms with E-state index in [1.165, 1.54) is 23.2 Å². The van der Waals surface area contributed by atoms with Gasteiger partial charge in [-0.15, -0.1) is 0 Å². The number of rotatable bonds is 17. The van der Waals surface area contributed by atoms with Crippen LogP contribution in [0, 0.1) is 17.3 Å². The first kappa shape index (κ1) is 39.1. The molecule has 4 rings (SSSR count). The van der Waals surface area contributed by atoms with Crippen molar-refractivity contribution in [2.75, 3.05) is 26.2 Å². The lowest BCUT2D eigenvalue weighted by Gasteiger charge is -2.21. The number of nitrogens with zero attached hydrogens (tertiary/aromatic N) is 4. The fourth-order valence-electron chi connectivity index (χ4n) is 5.37. The first-order valence-electron chi connectivity index (χ1n) is 16.3. The number of likely N-dealkylation sites (tertiary alicyclic amines) is 1. The molecule has 2 aromatic heterocycles. The van der Waals surface area contributed by atoms with Crippen molar-refractivity contribution in [3.05, 3.63) is 65.9 Å². The third kappa shape index (κ3) is 11.1. The van der Waals surface area contributed by atoms with Gasteiger partial charge in [0, 0.05) is 24.7 Å². The highest BCUT2D eigenvalue weighted by Gasteiger charge is 2.31. The molecule has 1 saturated heterocycles. The molecule has 1 aromatic carbocycles. The van der Waals surface area contributed by atoms with Gasteiger partial charge < -0.3 is 41.1 Å². The number of aliphatic carboxylic acids is 2. The van der Waals surface area contributed by atoms with Crippen LogP contribution in [-0.4, -0.2) is 111 Å². The maximum atomic E-state index is 13.4. The minimum atomic E-state index is -1.76. The second-order valence-corrected chi connectivity index (χ2v) is 11.7. The number of carboxylic acids is 2. The fourth-order valence-corrected chi connectivity index (χ4v) is 5.37. The predicted octanol–water partition coefficient (Wildman–Crippen LogP) is 0.131. The van der Waals surface area contributed by atoms with Crippen LogP contribution in [-0.2, 0) is 24.0 Å². The van der Waals surface area contributed by atoms with E-state index in [2.05, 4.69) is 37.3 Å². The van der Waals surface area contributed by atoms with Gasteiger partial charge in [0.2, 0.25) is 23.7 Å². The molecule has 0 unspecified atom stereocenters.